The zero-order valence-electron chi connectivity index (χ0n) is 19.2. The monoisotopic (exact) mass is 464 g/mol. The van der Waals surface area contributed by atoms with Gasteiger partial charge in [0.1, 0.15) is 23.2 Å². The highest BCUT2D eigenvalue weighted by molar-refractivity contribution is 5.98. The van der Waals surface area contributed by atoms with Gasteiger partial charge in [-0.2, -0.15) is 5.26 Å². The number of rotatable bonds is 4. The number of carbonyl (C=O) groups is 3. The lowest BCUT2D eigenvalue weighted by molar-refractivity contribution is -0.142. The van der Waals surface area contributed by atoms with Crippen LogP contribution in [-0.4, -0.2) is 65.6 Å². The van der Waals surface area contributed by atoms with Crippen LogP contribution in [0.5, 0.6) is 0 Å². The molecule has 10 heteroatoms. The average Bonchev–Trinajstić information content (AvgIpc) is 3.10. The van der Waals surface area contributed by atoms with Gasteiger partial charge in [-0.05, 0) is 50.5 Å². The van der Waals surface area contributed by atoms with Crippen LogP contribution in [0.1, 0.15) is 37.9 Å². The number of carbonyl (C=O) groups excluding carboxylic acids is 3. The van der Waals surface area contributed by atoms with Gasteiger partial charge in [0.05, 0.1) is 6.54 Å². The molecule has 4 rings (SSSR count). The SMILES string of the molecule is Cc1cc2cc(NC(=NC3CCCCN(CC(=O)N4CCC(=O)CC4)C3=O)NC#N)ccc2o1. The fourth-order valence-corrected chi connectivity index (χ4v) is 4.33. The molecule has 1 aromatic heterocycles. The number of ketones is 1. The summed E-state index contributed by atoms with van der Waals surface area (Å²) in [5.41, 5.74) is 1.45. The third-order valence-corrected chi connectivity index (χ3v) is 6.11. The summed E-state index contributed by atoms with van der Waals surface area (Å²) >= 11 is 0. The first kappa shape index (κ1) is 23.3. The summed E-state index contributed by atoms with van der Waals surface area (Å²) in [7, 11) is 0. The van der Waals surface area contributed by atoms with Crippen LogP contribution in [0, 0.1) is 18.4 Å². The average molecular weight is 465 g/mol. The molecule has 2 N–H and O–H groups in total. The van der Waals surface area contributed by atoms with Crippen LogP contribution in [0.3, 0.4) is 0 Å². The zero-order valence-corrected chi connectivity index (χ0v) is 19.2. The highest BCUT2D eigenvalue weighted by Crippen LogP contribution is 2.23. The van der Waals surface area contributed by atoms with Crippen molar-refractivity contribution in [2.45, 2.75) is 45.1 Å². The fourth-order valence-electron chi connectivity index (χ4n) is 4.33. The fraction of sp³-hybridized carbons (Fsp3) is 0.458. The number of fused-ring (bicyclic) bond motifs is 1. The summed E-state index contributed by atoms with van der Waals surface area (Å²) in [6.07, 6.45) is 4.68. The van der Waals surface area contributed by atoms with Gasteiger partial charge in [0.15, 0.2) is 6.19 Å². The van der Waals surface area contributed by atoms with Gasteiger partial charge in [-0.25, -0.2) is 4.99 Å². The summed E-state index contributed by atoms with van der Waals surface area (Å²) < 4.78 is 5.59. The summed E-state index contributed by atoms with van der Waals surface area (Å²) in [5.74, 6) is 0.743. The van der Waals surface area contributed by atoms with Crippen LogP contribution in [-0.2, 0) is 14.4 Å². The highest BCUT2D eigenvalue weighted by Gasteiger charge is 2.30. The number of likely N-dealkylation sites (tertiary alicyclic amines) is 2. The van der Waals surface area contributed by atoms with E-state index in [4.69, 9.17) is 4.42 Å². The molecule has 2 aliphatic rings. The van der Waals surface area contributed by atoms with Crippen molar-refractivity contribution in [3.05, 3.63) is 30.0 Å². The van der Waals surface area contributed by atoms with Crippen LogP contribution in [0.4, 0.5) is 5.69 Å². The summed E-state index contributed by atoms with van der Waals surface area (Å²) in [5, 5.41) is 15.7. The molecule has 2 fully saturated rings. The Morgan fingerprint density at radius 1 is 1.21 bits per heavy atom. The van der Waals surface area contributed by atoms with E-state index in [1.54, 1.807) is 9.80 Å². The number of nitrogens with one attached hydrogen (secondary N) is 2. The number of guanidine groups is 1. The molecule has 0 saturated carbocycles. The molecule has 1 atom stereocenters. The number of hydrogen-bond donors (Lipinski definition) is 2. The molecule has 178 valence electrons. The molecule has 10 nitrogen and oxygen atoms in total. The van der Waals surface area contributed by atoms with Gasteiger partial charge in [0, 0.05) is 43.5 Å². The van der Waals surface area contributed by atoms with Crippen LogP contribution >= 0.6 is 0 Å². The largest absolute Gasteiger partial charge is 0.461 e. The Bertz CT molecular complexity index is 1150. The highest BCUT2D eigenvalue weighted by atomic mass is 16.3. The van der Waals surface area contributed by atoms with Crippen LogP contribution in [0.25, 0.3) is 11.0 Å². The Morgan fingerprint density at radius 2 is 2.00 bits per heavy atom. The van der Waals surface area contributed by atoms with Crippen LogP contribution < -0.4 is 10.6 Å². The number of nitrogens with zero attached hydrogens (tertiary/aromatic N) is 4. The topological polar surface area (TPSA) is 131 Å². The Labute approximate surface area is 197 Å². The predicted octanol–water partition coefficient (Wildman–Crippen LogP) is 2.15. The van der Waals surface area contributed by atoms with Gasteiger partial charge >= 0.3 is 0 Å². The van der Waals surface area contributed by atoms with Crippen molar-refractivity contribution in [2.24, 2.45) is 4.99 Å². The van der Waals surface area contributed by atoms with E-state index in [-0.39, 0.29) is 30.1 Å². The molecule has 1 unspecified atom stereocenters. The first-order chi connectivity index (χ1) is 16.4. The number of furan rings is 1. The standard InChI is InChI=1S/C24H28N6O4/c1-16-12-17-13-18(5-6-21(17)34-16)27-24(26-15-25)28-20-4-2-3-9-30(23(20)33)14-22(32)29-10-7-19(31)8-11-29/h5-6,12-13,20H,2-4,7-11,14H2,1H3,(H2,26,27,28). The van der Waals surface area contributed by atoms with E-state index in [9.17, 15) is 19.6 Å². The number of aryl methyl sites for hydroxylation is 1. The minimum Gasteiger partial charge on any atom is -0.461 e. The van der Waals surface area contributed by atoms with Gasteiger partial charge in [0.25, 0.3) is 0 Å². The number of anilines is 1. The molecule has 2 aliphatic heterocycles. The number of amides is 2. The smallest absolute Gasteiger partial charge is 0.247 e. The van der Waals surface area contributed by atoms with Crippen molar-refractivity contribution >= 4 is 40.2 Å². The van der Waals surface area contributed by atoms with E-state index in [1.807, 2.05) is 37.4 Å². The van der Waals surface area contributed by atoms with Crippen molar-refractivity contribution < 1.29 is 18.8 Å². The number of hydrogen-bond acceptors (Lipinski definition) is 6. The Balaban J connectivity index is 1.47. The van der Waals surface area contributed by atoms with Gasteiger partial charge in [-0.15, -0.1) is 0 Å². The quantitative estimate of drug-likeness (QED) is 0.307. The number of nitriles is 1. The first-order valence-corrected chi connectivity index (χ1v) is 11.5. The van der Waals surface area contributed by atoms with E-state index >= 15 is 0 Å². The van der Waals surface area contributed by atoms with E-state index in [2.05, 4.69) is 15.6 Å². The molecule has 3 heterocycles. The second-order valence-corrected chi connectivity index (χ2v) is 8.64. The number of piperidine rings is 1. The Kier molecular flexibility index (Phi) is 7.11. The second kappa shape index (κ2) is 10.4. The summed E-state index contributed by atoms with van der Waals surface area (Å²) in [6.45, 7) is 3.14. The van der Waals surface area contributed by atoms with E-state index < -0.39 is 6.04 Å². The molecule has 0 aliphatic carbocycles. The van der Waals surface area contributed by atoms with E-state index in [0.717, 1.165) is 29.6 Å². The van der Waals surface area contributed by atoms with Crippen molar-refractivity contribution in [1.82, 2.24) is 15.1 Å². The van der Waals surface area contributed by atoms with Gasteiger partial charge in [-0.1, -0.05) is 0 Å². The molecule has 1 aromatic carbocycles. The normalized spacial score (nSPS) is 19.6. The number of benzene rings is 1. The zero-order chi connectivity index (χ0) is 24.1. The second-order valence-electron chi connectivity index (χ2n) is 8.64. The first-order valence-electron chi connectivity index (χ1n) is 11.5. The maximum Gasteiger partial charge on any atom is 0.247 e. The third kappa shape index (κ3) is 5.54. The third-order valence-electron chi connectivity index (χ3n) is 6.11. The van der Waals surface area contributed by atoms with Crippen molar-refractivity contribution in [2.75, 3.05) is 31.5 Å². The van der Waals surface area contributed by atoms with Crippen molar-refractivity contribution in [3.8, 4) is 6.19 Å². The number of Topliss-reactive ketones (excluding diaryl/α,β-unsaturated/α-hetero) is 1. The molecule has 2 aromatic rings. The van der Waals surface area contributed by atoms with Gasteiger partial charge in [0.2, 0.25) is 17.8 Å². The van der Waals surface area contributed by atoms with Gasteiger partial charge in [-0.3, -0.25) is 19.7 Å². The van der Waals surface area contributed by atoms with Crippen molar-refractivity contribution in [3.63, 3.8) is 0 Å². The van der Waals surface area contributed by atoms with E-state index in [1.165, 1.54) is 0 Å². The minimum absolute atomic E-state index is 0.0238. The molecule has 2 saturated heterocycles. The van der Waals surface area contributed by atoms with Crippen LogP contribution in [0.2, 0.25) is 0 Å². The molecule has 34 heavy (non-hydrogen) atoms. The molecule has 0 bridgehead atoms. The minimum atomic E-state index is -0.707. The predicted molar refractivity (Wildman–Crippen MR) is 126 cm³/mol. The molecule has 0 spiro atoms. The summed E-state index contributed by atoms with van der Waals surface area (Å²) in [6, 6.07) is 6.72. The van der Waals surface area contributed by atoms with E-state index in [0.29, 0.717) is 44.6 Å². The number of aliphatic imine (C=N–C) groups is 1. The Morgan fingerprint density at radius 3 is 2.76 bits per heavy atom. The molecular formula is C24H28N6O4. The molecule has 0 radical (unpaired) electrons. The lowest BCUT2D eigenvalue weighted by atomic mass is 10.1. The Hall–Kier alpha value is -3.87. The molecule has 2 amide bonds. The maximum absolute atomic E-state index is 13.2. The lowest BCUT2D eigenvalue weighted by Gasteiger charge is -2.29. The van der Waals surface area contributed by atoms with Crippen molar-refractivity contribution in [1.29, 1.82) is 5.26 Å². The van der Waals surface area contributed by atoms with Gasteiger partial charge < -0.3 is 19.5 Å². The summed E-state index contributed by atoms with van der Waals surface area (Å²) in [4.78, 5) is 45.1. The van der Waals surface area contributed by atoms with Crippen LogP contribution in [0.15, 0.2) is 33.7 Å². The maximum atomic E-state index is 13.2. The lowest BCUT2D eigenvalue weighted by Crippen LogP contribution is -2.47. The molecular weight excluding hydrogens is 436 g/mol.